The summed E-state index contributed by atoms with van der Waals surface area (Å²) in [6.45, 7) is 4.74. The molecule has 0 bridgehead atoms. The average molecular weight is 479 g/mol. The summed E-state index contributed by atoms with van der Waals surface area (Å²) in [6, 6.07) is -5.35. The molecule has 0 aromatic heterocycles. The Morgan fingerprint density at radius 3 is 1.94 bits per heavy atom. The Balaban J connectivity index is 5.43. The molecule has 12 nitrogen and oxygen atoms in total. The van der Waals surface area contributed by atoms with Crippen molar-refractivity contribution in [1.29, 1.82) is 0 Å². The van der Waals surface area contributed by atoms with Crippen molar-refractivity contribution in [2.45, 2.75) is 70.3 Å². The van der Waals surface area contributed by atoms with Gasteiger partial charge in [0.25, 0.3) is 0 Å². The lowest BCUT2D eigenvalue weighted by atomic mass is 9.99. The highest BCUT2D eigenvalue weighted by Gasteiger charge is 2.33. The third-order valence-corrected chi connectivity index (χ3v) is 5.50. The van der Waals surface area contributed by atoms with E-state index in [1.54, 1.807) is 13.2 Å². The first-order valence-corrected chi connectivity index (χ1v) is 11.5. The molecular formula is C19H34N4O8S. The van der Waals surface area contributed by atoms with Crippen molar-refractivity contribution in [3.63, 3.8) is 0 Å². The van der Waals surface area contributed by atoms with Crippen LogP contribution < -0.4 is 21.7 Å². The van der Waals surface area contributed by atoms with E-state index in [1.165, 1.54) is 18.7 Å². The van der Waals surface area contributed by atoms with Crippen LogP contribution in [0, 0.1) is 5.92 Å². The Morgan fingerprint density at radius 2 is 1.50 bits per heavy atom. The lowest BCUT2D eigenvalue weighted by molar-refractivity contribution is -0.144. The molecule has 0 aliphatic carbocycles. The van der Waals surface area contributed by atoms with Crippen LogP contribution in [0.3, 0.4) is 0 Å². The zero-order valence-electron chi connectivity index (χ0n) is 18.7. The van der Waals surface area contributed by atoms with Crippen molar-refractivity contribution in [2.24, 2.45) is 11.7 Å². The van der Waals surface area contributed by atoms with Crippen molar-refractivity contribution in [2.75, 3.05) is 12.0 Å². The quantitative estimate of drug-likeness (QED) is 0.145. The zero-order chi connectivity index (χ0) is 25.0. The topological polar surface area (TPSA) is 208 Å². The van der Waals surface area contributed by atoms with Gasteiger partial charge in [-0.3, -0.25) is 19.2 Å². The van der Waals surface area contributed by atoms with Gasteiger partial charge in [0.05, 0.1) is 18.6 Å². The van der Waals surface area contributed by atoms with Crippen molar-refractivity contribution in [3.05, 3.63) is 0 Å². The number of hydrogen-bond acceptors (Lipinski definition) is 8. The van der Waals surface area contributed by atoms with Crippen LogP contribution in [0.25, 0.3) is 0 Å². The molecule has 0 aliphatic rings. The van der Waals surface area contributed by atoms with Gasteiger partial charge in [-0.25, -0.2) is 4.79 Å². The smallest absolute Gasteiger partial charge is 0.326 e. The first-order chi connectivity index (χ1) is 14.8. The van der Waals surface area contributed by atoms with Gasteiger partial charge in [0.1, 0.15) is 18.1 Å². The number of rotatable bonds is 15. The van der Waals surface area contributed by atoms with Crippen LogP contribution in [-0.2, 0) is 24.0 Å². The van der Waals surface area contributed by atoms with Gasteiger partial charge in [-0.15, -0.1) is 0 Å². The lowest BCUT2D eigenvalue weighted by Gasteiger charge is -2.26. The average Bonchev–Trinajstić information content (AvgIpc) is 2.71. The maximum absolute atomic E-state index is 12.6. The predicted octanol–water partition coefficient (Wildman–Crippen LogP) is -1.49. The summed E-state index contributed by atoms with van der Waals surface area (Å²) in [5, 5.41) is 35.0. The molecule has 0 aromatic carbocycles. The van der Waals surface area contributed by atoms with E-state index in [9.17, 15) is 34.2 Å². The van der Waals surface area contributed by atoms with Gasteiger partial charge in [0.15, 0.2) is 0 Å². The van der Waals surface area contributed by atoms with Gasteiger partial charge in [-0.2, -0.15) is 11.8 Å². The number of nitrogens with one attached hydrogen (secondary N) is 3. The third kappa shape index (κ3) is 10.3. The van der Waals surface area contributed by atoms with Crippen LogP contribution in [0.15, 0.2) is 0 Å². The Hall–Kier alpha value is -2.38. The molecule has 0 saturated carbocycles. The summed E-state index contributed by atoms with van der Waals surface area (Å²) >= 11 is 1.38. The van der Waals surface area contributed by atoms with Gasteiger partial charge in [-0.1, -0.05) is 20.3 Å². The summed E-state index contributed by atoms with van der Waals surface area (Å²) in [6.07, 6.45) is 0.246. The van der Waals surface area contributed by atoms with Crippen LogP contribution in [0.5, 0.6) is 0 Å². The number of thioether (sulfide) groups is 1. The van der Waals surface area contributed by atoms with E-state index in [1.807, 2.05) is 6.92 Å². The maximum Gasteiger partial charge on any atom is 0.326 e. The number of aliphatic hydroxyl groups excluding tert-OH is 1. The second-order valence-corrected chi connectivity index (χ2v) is 8.46. The van der Waals surface area contributed by atoms with Gasteiger partial charge in [0, 0.05) is 0 Å². The molecule has 6 atom stereocenters. The highest BCUT2D eigenvalue weighted by molar-refractivity contribution is 7.98. The van der Waals surface area contributed by atoms with Gasteiger partial charge < -0.3 is 37.0 Å². The Morgan fingerprint density at radius 1 is 0.938 bits per heavy atom. The molecule has 0 aromatic rings. The van der Waals surface area contributed by atoms with E-state index in [4.69, 9.17) is 10.8 Å². The number of nitrogens with two attached hydrogens (primary N) is 1. The van der Waals surface area contributed by atoms with E-state index in [-0.39, 0.29) is 12.3 Å². The maximum atomic E-state index is 12.6. The minimum atomic E-state index is -1.57. The molecule has 32 heavy (non-hydrogen) atoms. The van der Waals surface area contributed by atoms with Crippen LogP contribution >= 0.6 is 11.8 Å². The molecule has 0 radical (unpaired) electrons. The highest BCUT2D eigenvalue weighted by atomic mass is 32.2. The second-order valence-electron chi connectivity index (χ2n) is 7.48. The monoisotopic (exact) mass is 478 g/mol. The normalized spacial score (nSPS) is 16.6. The minimum absolute atomic E-state index is 0.119. The standard InChI is InChI=1S/C19H34N4O8S/c1-5-9(2)14(20)17(28)22-12(8-13(25)26)16(27)23-15(10(3)24)18(29)21-11(19(30)31)6-7-32-4/h9-12,14-15,24H,5-8,20H2,1-4H3,(H,21,29)(H,22,28)(H,23,27)(H,25,26)(H,30,31). The van der Waals surface area contributed by atoms with E-state index in [0.29, 0.717) is 12.2 Å². The molecule has 8 N–H and O–H groups in total. The molecule has 184 valence electrons. The molecule has 0 saturated heterocycles. The zero-order valence-corrected chi connectivity index (χ0v) is 19.5. The van der Waals surface area contributed by atoms with Crippen molar-refractivity contribution in [1.82, 2.24) is 16.0 Å². The molecule has 0 spiro atoms. The van der Waals surface area contributed by atoms with Crippen molar-refractivity contribution in [3.8, 4) is 0 Å². The second kappa shape index (κ2) is 14.6. The predicted molar refractivity (Wildman–Crippen MR) is 118 cm³/mol. The summed E-state index contributed by atoms with van der Waals surface area (Å²) in [4.78, 5) is 60.0. The van der Waals surface area contributed by atoms with E-state index in [2.05, 4.69) is 16.0 Å². The van der Waals surface area contributed by atoms with E-state index in [0.717, 1.165) is 0 Å². The summed E-state index contributed by atoms with van der Waals surface area (Å²) < 4.78 is 0. The lowest BCUT2D eigenvalue weighted by Crippen LogP contribution is -2.60. The molecule has 0 aliphatic heterocycles. The van der Waals surface area contributed by atoms with Gasteiger partial charge in [0.2, 0.25) is 17.7 Å². The van der Waals surface area contributed by atoms with Crippen molar-refractivity contribution < 1.29 is 39.3 Å². The first kappa shape index (κ1) is 29.6. The van der Waals surface area contributed by atoms with Crippen LogP contribution in [0.2, 0.25) is 0 Å². The molecular weight excluding hydrogens is 444 g/mol. The molecule has 13 heteroatoms. The number of carboxylic acids is 2. The first-order valence-electron chi connectivity index (χ1n) is 10.1. The molecule has 6 unspecified atom stereocenters. The number of aliphatic hydroxyl groups is 1. The number of carbonyl (C=O) groups is 5. The summed E-state index contributed by atoms with van der Waals surface area (Å²) in [7, 11) is 0. The van der Waals surface area contributed by atoms with Crippen molar-refractivity contribution >= 4 is 41.4 Å². The summed E-state index contributed by atoms with van der Waals surface area (Å²) in [5.41, 5.74) is 5.82. The minimum Gasteiger partial charge on any atom is -0.481 e. The van der Waals surface area contributed by atoms with E-state index >= 15 is 0 Å². The van der Waals surface area contributed by atoms with Crippen LogP contribution in [-0.4, -0.2) is 87.3 Å². The largest absolute Gasteiger partial charge is 0.481 e. The van der Waals surface area contributed by atoms with E-state index < -0.39 is 66.4 Å². The molecule has 0 heterocycles. The molecule has 0 fully saturated rings. The van der Waals surface area contributed by atoms with Crippen LogP contribution in [0.4, 0.5) is 0 Å². The van der Waals surface area contributed by atoms with Crippen LogP contribution in [0.1, 0.15) is 40.0 Å². The number of aliphatic carboxylic acids is 2. The number of carboxylic acid groups (broad SMARTS) is 2. The fraction of sp³-hybridized carbons (Fsp3) is 0.737. The number of hydrogen-bond donors (Lipinski definition) is 7. The fourth-order valence-electron chi connectivity index (χ4n) is 2.58. The Bertz CT molecular complexity index is 676. The molecule has 3 amide bonds. The highest BCUT2D eigenvalue weighted by Crippen LogP contribution is 2.07. The fourth-order valence-corrected chi connectivity index (χ4v) is 3.05. The Kier molecular flexibility index (Phi) is 13.5. The number of carbonyl (C=O) groups excluding carboxylic acids is 3. The van der Waals surface area contributed by atoms with Gasteiger partial charge >= 0.3 is 11.9 Å². The SMILES string of the molecule is CCC(C)C(N)C(=O)NC(CC(=O)O)C(=O)NC(C(=O)NC(CCSC)C(=O)O)C(C)O. The Labute approximate surface area is 191 Å². The van der Waals surface area contributed by atoms with Gasteiger partial charge in [-0.05, 0) is 31.3 Å². The summed E-state index contributed by atoms with van der Waals surface area (Å²) in [5.74, 6) is -5.17. The number of amides is 3. The third-order valence-electron chi connectivity index (χ3n) is 4.86. The molecule has 0 rings (SSSR count).